The van der Waals surface area contributed by atoms with Crippen LogP contribution in [-0.4, -0.2) is 35.4 Å². The van der Waals surface area contributed by atoms with E-state index >= 15 is 0 Å². The number of nitrogens with one attached hydrogen (secondary N) is 1. The van der Waals surface area contributed by atoms with Crippen LogP contribution in [0.4, 0.5) is 5.69 Å². The first-order valence-corrected chi connectivity index (χ1v) is 5.82. The van der Waals surface area contributed by atoms with Crippen LogP contribution in [0, 0.1) is 0 Å². The van der Waals surface area contributed by atoms with Gasteiger partial charge >= 0.3 is 0 Å². The molecule has 1 aromatic heterocycles. The molecule has 0 aliphatic rings. The summed E-state index contributed by atoms with van der Waals surface area (Å²) in [5.74, 6) is 0.0183. The van der Waals surface area contributed by atoms with E-state index in [0.29, 0.717) is 25.2 Å². The Morgan fingerprint density at radius 2 is 2.18 bits per heavy atom. The zero-order chi connectivity index (χ0) is 12.7. The molecule has 0 aromatic carbocycles. The maximum absolute atomic E-state index is 12.1. The lowest BCUT2D eigenvalue weighted by atomic mass is 10.2. The van der Waals surface area contributed by atoms with E-state index in [0.717, 1.165) is 5.69 Å². The first kappa shape index (κ1) is 13.2. The van der Waals surface area contributed by atoms with Crippen molar-refractivity contribution in [3.05, 3.63) is 36.7 Å². The van der Waals surface area contributed by atoms with Gasteiger partial charge in [0.2, 0.25) is 0 Å². The summed E-state index contributed by atoms with van der Waals surface area (Å²) in [5.41, 5.74) is 1.45. The van der Waals surface area contributed by atoms with E-state index in [4.69, 9.17) is 0 Å². The highest BCUT2D eigenvalue weighted by molar-refractivity contribution is 5.94. The SMILES string of the molecule is C=CCNc1cncc(C(=O)N(CC)CC)c1. The number of amides is 1. The molecule has 0 saturated heterocycles. The van der Waals surface area contributed by atoms with E-state index < -0.39 is 0 Å². The molecule has 0 bridgehead atoms. The number of nitrogens with zero attached hydrogens (tertiary/aromatic N) is 2. The van der Waals surface area contributed by atoms with Crippen molar-refractivity contribution in [3.63, 3.8) is 0 Å². The zero-order valence-corrected chi connectivity index (χ0v) is 10.4. The average Bonchev–Trinajstić information content (AvgIpc) is 2.38. The van der Waals surface area contributed by atoms with Crippen molar-refractivity contribution < 1.29 is 4.79 Å². The Kier molecular flexibility index (Phi) is 5.20. The molecule has 0 radical (unpaired) electrons. The van der Waals surface area contributed by atoms with Crippen LogP contribution in [0.2, 0.25) is 0 Å². The van der Waals surface area contributed by atoms with Crippen LogP contribution < -0.4 is 5.32 Å². The van der Waals surface area contributed by atoms with Gasteiger partial charge in [-0.3, -0.25) is 9.78 Å². The fourth-order valence-electron chi connectivity index (χ4n) is 1.54. The molecule has 1 N–H and O–H groups in total. The third kappa shape index (κ3) is 3.59. The first-order valence-electron chi connectivity index (χ1n) is 5.82. The molecule has 1 aromatic rings. The second kappa shape index (κ2) is 6.68. The fraction of sp³-hybridized carbons (Fsp3) is 0.385. The number of rotatable bonds is 6. The van der Waals surface area contributed by atoms with E-state index in [1.54, 1.807) is 23.4 Å². The Labute approximate surface area is 102 Å². The molecule has 1 amide bonds. The van der Waals surface area contributed by atoms with Gasteiger partial charge in [0.05, 0.1) is 11.3 Å². The van der Waals surface area contributed by atoms with Crippen molar-refractivity contribution >= 4 is 11.6 Å². The van der Waals surface area contributed by atoms with Gasteiger partial charge in [0.15, 0.2) is 0 Å². The summed E-state index contributed by atoms with van der Waals surface area (Å²) in [6.45, 7) is 9.64. The van der Waals surface area contributed by atoms with Crippen molar-refractivity contribution in [1.29, 1.82) is 0 Å². The molecule has 0 spiro atoms. The highest BCUT2D eigenvalue weighted by Gasteiger charge is 2.12. The van der Waals surface area contributed by atoms with Crippen molar-refractivity contribution in [2.75, 3.05) is 25.0 Å². The molecule has 4 heteroatoms. The molecule has 4 nitrogen and oxygen atoms in total. The predicted molar refractivity (Wildman–Crippen MR) is 70.2 cm³/mol. The summed E-state index contributed by atoms with van der Waals surface area (Å²) in [5, 5.41) is 3.11. The first-order chi connectivity index (χ1) is 8.22. The van der Waals surface area contributed by atoms with Gasteiger partial charge in [0, 0.05) is 32.0 Å². The number of anilines is 1. The number of hydrogen-bond acceptors (Lipinski definition) is 3. The quantitative estimate of drug-likeness (QED) is 0.766. The highest BCUT2D eigenvalue weighted by atomic mass is 16.2. The monoisotopic (exact) mass is 233 g/mol. The number of carbonyl (C=O) groups excluding carboxylic acids is 1. The number of carbonyl (C=O) groups is 1. The minimum Gasteiger partial charge on any atom is -0.380 e. The summed E-state index contributed by atoms with van der Waals surface area (Å²) >= 11 is 0. The lowest BCUT2D eigenvalue weighted by Crippen LogP contribution is -2.30. The zero-order valence-electron chi connectivity index (χ0n) is 10.4. The van der Waals surface area contributed by atoms with E-state index in [9.17, 15) is 4.79 Å². The summed E-state index contributed by atoms with van der Waals surface area (Å²) in [6.07, 6.45) is 5.06. The minimum absolute atomic E-state index is 0.0183. The number of hydrogen-bond donors (Lipinski definition) is 1. The molecular weight excluding hydrogens is 214 g/mol. The van der Waals surface area contributed by atoms with E-state index in [1.807, 2.05) is 19.9 Å². The topological polar surface area (TPSA) is 45.2 Å². The predicted octanol–water partition coefficient (Wildman–Crippen LogP) is 2.16. The van der Waals surface area contributed by atoms with Gasteiger partial charge in [-0.15, -0.1) is 6.58 Å². The molecule has 0 aliphatic heterocycles. The van der Waals surface area contributed by atoms with Gasteiger partial charge in [0.1, 0.15) is 0 Å². The summed E-state index contributed by atoms with van der Waals surface area (Å²) in [7, 11) is 0. The molecule has 0 aliphatic carbocycles. The van der Waals surface area contributed by atoms with Crippen molar-refractivity contribution in [3.8, 4) is 0 Å². The normalized spacial score (nSPS) is 9.76. The highest BCUT2D eigenvalue weighted by Crippen LogP contribution is 2.10. The number of pyridine rings is 1. The Morgan fingerprint density at radius 3 is 2.76 bits per heavy atom. The summed E-state index contributed by atoms with van der Waals surface area (Å²) in [4.78, 5) is 17.9. The van der Waals surface area contributed by atoms with E-state index in [-0.39, 0.29) is 5.91 Å². The molecule has 92 valence electrons. The van der Waals surface area contributed by atoms with Gasteiger partial charge in [-0.2, -0.15) is 0 Å². The standard InChI is InChI=1S/C13H19N3O/c1-4-7-15-12-8-11(9-14-10-12)13(17)16(5-2)6-3/h4,8-10,15H,1,5-7H2,2-3H3. The second-order valence-corrected chi connectivity index (χ2v) is 3.61. The van der Waals surface area contributed by atoms with Crippen LogP contribution in [0.5, 0.6) is 0 Å². The van der Waals surface area contributed by atoms with E-state index in [2.05, 4.69) is 16.9 Å². The van der Waals surface area contributed by atoms with Crippen LogP contribution in [0.15, 0.2) is 31.1 Å². The van der Waals surface area contributed by atoms with Crippen molar-refractivity contribution in [1.82, 2.24) is 9.88 Å². The maximum atomic E-state index is 12.1. The Balaban J connectivity index is 2.83. The smallest absolute Gasteiger partial charge is 0.255 e. The lowest BCUT2D eigenvalue weighted by molar-refractivity contribution is 0.0772. The van der Waals surface area contributed by atoms with Gasteiger partial charge in [-0.25, -0.2) is 0 Å². The minimum atomic E-state index is 0.0183. The lowest BCUT2D eigenvalue weighted by Gasteiger charge is -2.18. The van der Waals surface area contributed by atoms with Crippen LogP contribution in [-0.2, 0) is 0 Å². The van der Waals surface area contributed by atoms with E-state index in [1.165, 1.54) is 0 Å². The summed E-state index contributed by atoms with van der Waals surface area (Å²) < 4.78 is 0. The third-order valence-electron chi connectivity index (χ3n) is 2.49. The van der Waals surface area contributed by atoms with Crippen molar-refractivity contribution in [2.24, 2.45) is 0 Å². The molecule has 0 saturated carbocycles. The third-order valence-corrected chi connectivity index (χ3v) is 2.49. The average molecular weight is 233 g/mol. The van der Waals surface area contributed by atoms with Crippen LogP contribution >= 0.6 is 0 Å². The molecular formula is C13H19N3O. The number of aromatic nitrogens is 1. The molecule has 0 atom stereocenters. The van der Waals surface area contributed by atoms with Crippen molar-refractivity contribution in [2.45, 2.75) is 13.8 Å². The van der Waals surface area contributed by atoms with Crippen LogP contribution in [0.25, 0.3) is 0 Å². The Bertz CT molecular complexity index is 386. The Hall–Kier alpha value is -1.84. The van der Waals surface area contributed by atoms with Crippen LogP contribution in [0.3, 0.4) is 0 Å². The van der Waals surface area contributed by atoms with Gasteiger partial charge in [-0.1, -0.05) is 6.08 Å². The largest absolute Gasteiger partial charge is 0.380 e. The molecule has 0 unspecified atom stereocenters. The molecule has 1 heterocycles. The van der Waals surface area contributed by atoms with Crippen LogP contribution in [0.1, 0.15) is 24.2 Å². The second-order valence-electron chi connectivity index (χ2n) is 3.61. The summed E-state index contributed by atoms with van der Waals surface area (Å²) in [6, 6.07) is 1.82. The Morgan fingerprint density at radius 1 is 1.47 bits per heavy atom. The molecule has 0 fully saturated rings. The molecule has 17 heavy (non-hydrogen) atoms. The molecule has 1 rings (SSSR count). The van der Waals surface area contributed by atoms with Gasteiger partial charge in [-0.05, 0) is 19.9 Å². The fourth-order valence-corrected chi connectivity index (χ4v) is 1.54. The van der Waals surface area contributed by atoms with Gasteiger partial charge in [0.25, 0.3) is 5.91 Å². The maximum Gasteiger partial charge on any atom is 0.255 e. The van der Waals surface area contributed by atoms with Gasteiger partial charge < -0.3 is 10.2 Å².